The number of hydrogen-bond donors (Lipinski definition) is 2. The SMILES string of the molecule is CCS(=O)Nc1ccc(N)cc1Cl. The first-order valence-electron chi connectivity index (χ1n) is 3.83. The summed E-state index contributed by atoms with van der Waals surface area (Å²) in [4.78, 5) is 0. The molecule has 1 rings (SSSR count). The van der Waals surface area contributed by atoms with Crippen LogP contribution in [0.2, 0.25) is 5.02 Å². The first-order chi connectivity index (χ1) is 6.13. The second-order valence-electron chi connectivity index (χ2n) is 2.48. The van der Waals surface area contributed by atoms with Crippen molar-refractivity contribution in [3.63, 3.8) is 0 Å². The Morgan fingerprint density at radius 3 is 2.85 bits per heavy atom. The summed E-state index contributed by atoms with van der Waals surface area (Å²) < 4.78 is 13.9. The lowest BCUT2D eigenvalue weighted by Crippen LogP contribution is -2.06. The van der Waals surface area contributed by atoms with Gasteiger partial charge in [-0.15, -0.1) is 0 Å². The van der Waals surface area contributed by atoms with Crippen LogP contribution in [0.5, 0.6) is 0 Å². The number of rotatable bonds is 3. The molecule has 3 nitrogen and oxygen atoms in total. The van der Waals surface area contributed by atoms with Crippen LogP contribution < -0.4 is 10.5 Å². The van der Waals surface area contributed by atoms with E-state index in [-0.39, 0.29) is 0 Å². The molecule has 1 aromatic rings. The number of hydrogen-bond acceptors (Lipinski definition) is 2. The van der Waals surface area contributed by atoms with Crippen LogP contribution in [0.1, 0.15) is 6.92 Å². The molecule has 1 aromatic carbocycles. The number of halogens is 1. The van der Waals surface area contributed by atoms with Crippen molar-refractivity contribution in [3.05, 3.63) is 23.2 Å². The number of nitrogens with one attached hydrogen (secondary N) is 1. The van der Waals surface area contributed by atoms with Crippen LogP contribution in [0.4, 0.5) is 11.4 Å². The van der Waals surface area contributed by atoms with Gasteiger partial charge in [-0.3, -0.25) is 0 Å². The predicted octanol–water partition coefficient (Wildman–Crippen LogP) is 2.02. The average Bonchev–Trinajstić information content (AvgIpc) is 2.09. The Morgan fingerprint density at radius 1 is 1.62 bits per heavy atom. The third-order valence-electron chi connectivity index (χ3n) is 1.48. The van der Waals surface area contributed by atoms with Gasteiger partial charge in [0.15, 0.2) is 0 Å². The monoisotopic (exact) mass is 218 g/mol. The number of nitrogens with two attached hydrogens (primary N) is 1. The van der Waals surface area contributed by atoms with E-state index in [1.807, 2.05) is 6.92 Å². The van der Waals surface area contributed by atoms with Gasteiger partial charge in [-0.2, -0.15) is 0 Å². The Bertz CT molecular complexity index is 330. The fourth-order valence-corrected chi connectivity index (χ4v) is 1.67. The van der Waals surface area contributed by atoms with Crippen LogP contribution >= 0.6 is 11.6 Å². The third-order valence-corrected chi connectivity index (χ3v) is 2.76. The summed E-state index contributed by atoms with van der Waals surface area (Å²) >= 11 is 5.85. The molecule has 0 aromatic heterocycles. The van der Waals surface area contributed by atoms with Gasteiger partial charge in [0.05, 0.1) is 10.7 Å². The van der Waals surface area contributed by atoms with Gasteiger partial charge in [0.1, 0.15) is 11.0 Å². The molecule has 0 saturated heterocycles. The summed E-state index contributed by atoms with van der Waals surface area (Å²) in [5, 5.41) is 0.488. The molecule has 1 atom stereocenters. The highest BCUT2D eigenvalue weighted by molar-refractivity contribution is 7.86. The van der Waals surface area contributed by atoms with Gasteiger partial charge in [-0.05, 0) is 18.2 Å². The molecule has 3 N–H and O–H groups in total. The van der Waals surface area contributed by atoms with E-state index < -0.39 is 11.0 Å². The maximum absolute atomic E-state index is 11.1. The molecule has 0 aliphatic rings. The Kier molecular flexibility index (Phi) is 3.57. The molecule has 0 amide bonds. The zero-order valence-corrected chi connectivity index (χ0v) is 8.78. The summed E-state index contributed by atoms with van der Waals surface area (Å²) in [6, 6.07) is 5.04. The van der Waals surface area contributed by atoms with Gasteiger partial charge in [-0.25, -0.2) is 4.21 Å². The van der Waals surface area contributed by atoms with Crippen molar-refractivity contribution in [2.75, 3.05) is 16.2 Å². The molecule has 72 valence electrons. The van der Waals surface area contributed by atoms with Crippen LogP contribution in [0.15, 0.2) is 18.2 Å². The van der Waals surface area contributed by atoms with Crippen LogP contribution in [0.3, 0.4) is 0 Å². The van der Waals surface area contributed by atoms with E-state index >= 15 is 0 Å². The number of anilines is 2. The topological polar surface area (TPSA) is 55.1 Å². The summed E-state index contributed by atoms with van der Waals surface area (Å²) in [5.74, 6) is 0.542. The molecule has 13 heavy (non-hydrogen) atoms. The summed E-state index contributed by atoms with van der Waals surface area (Å²) in [7, 11) is -1.07. The van der Waals surface area contributed by atoms with Crippen molar-refractivity contribution in [1.82, 2.24) is 0 Å². The van der Waals surface area contributed by atoms with Gasteiger partial charge in [0.2, 0.25) is 0 Å². The molecule has 0 fully saturated rings. The highest BCUT2D eigenvalue weighted by Gasteiger charge is 2.02. The average molecular weight is 219 g/mol. The minimum atomic E-state index is -1.07. The number of nitrogen functional groups attached to an aromatic ring is 1. The van der Waals surface area contributed by atoms with Crippen molar-refractivity contribution in [3.8, 4) is 0 Å². The Hall–Kier alpha value is -0.740. The van der Waals surface area contributed by atoms with E-state index in [1.54, 1.807) is 18.2 Å². The summed E-state index contributed by atoms with van der Waals surface area (Å²) in [6.45, 7) is 1.83. The maximum Gasteiger partial charge on any atom is 0.116 e. The number of benzene rings is 1. The van der Waals surface area contributed by atoms with E-state index in [1.165, 1.54) is 0 Å². The van der Waals surface area contributed by atoms with Crippen molar-refractivity contribution in [1.29, 1.82) is 0 Å². The summed E-state index contributed by atoms with van der Waals surface area (Å²) in [6.07, 6.45) is 0. The van der Waals surface area contributed by atoms with Crippen molar-refractivity contribution in [2.45, 2.75) is 6.92 Å². The predicted molar refractivity (Wildman–Crippen MR) is 58.2 cm³/mol. The van der Waals surface area contributed by atoms with Gasteiger partial charge in [0, 0.05) is 11.4 Å². The fraction of sp³-hybridized carbons (Fsp3) is 0.250. The van der Waals surface area contributed by atoms with E-state index in [9.17, 15) is 4.21 Å². The fourth-order valence-electron chi connectivity index (χ4n) is 0.809. The van der Waals surface area contributed by atoms with Crippen LogP contribution in [0, 0.1) is 0 Å². The molecule has 0 spiro atoms. The molecule has 5 heteroatoms. The lowest BCUT2D eigenvalue weighted by Gasteiger charge is -2.06. The van der Waals surface area contributed by atoms with E-state index in [4.69, 9.17) is 17.3 Å². The molecule has 0 saturated carbocycles. The van der Waals surface area contributed by atoms with E-state index in [2.05, 4.69) is 4.72 Å². The standard InChI is InChI=1S/C8H11ClN2OS/c1-2-13(12)11-8-4-3-6(10)5-7(8)9/h3-5,11H,2,10H2,1H3. The smallest absolute Gasteiger partial charge is 0.116 e. The molecule has 0 aliphatic carbocycles. The Labute approximate surface area is 84.9 Å². The van der Waals surface area contributed by atoms with Gasteiger partial charge < -0.3 is 10.5 Å². The zero-order chi connectivity index (χ0) is 9.84. The molecule has 1 unspecified atom stereocenters. The van der Waals surface area contributed by atoms with Gasteiger partial charge in [0.25, 0.3) is 0 Å². The maximum atomic E-state index is 11.1. The van der Waals surface area contributed by atoms with Crippen molar-refractivity contribution < 1.29 is 4.21 Å². The second kappa shape index (κ2) is 4.48. The Morgan fingerprint density at radius 2 is 2.31 bits per heavy atom. The first-order valence-corrected chi connectivity index (χ1v) is 5.53. The molecule has 0 bridgehead atoms. The molecule has 0 heterocycles. The van der Waals surface area contributed by atoms with Gasteiger partial charge >= 0.3 is 0 Å². The third kappa shape index (κ3) is 2.90. The lowest BCUT2D eigenvalue weighted by atomic mass is 10.3. The van der Waals surface area contributed by atoms with Gasteiger partial charge in [-0.1, -0.05) is 18.5 Å². The highest BCUT2D eigenvalue weighted by atomic mass is 35.5. The largest absolute Gasteiger partial charge is 0.399 e. The molecule has 0 radical (unpaired) electrons. The highest BCUT2D eigenvalue weighted by Crippen LogP contribution is 2.24. The second-order valence-corrected chi connectivity index (χ2v) is 4.36. The van der Waals surface area contributed by atoms with E-state index in [0.717, 1.165) is 0 Å². The van der Waals surface area contributed by atoms with Crippen LogP contribution in [-0.2, 0) is 11.0 Å². The summed E-state index contributed by atoms with van der Waals surface area (Å²) in [5.41, 5.74) is 6.75. The van der Waals surface area contributed by atoms with Crippen molar-refractivity contribution in [2.24, 2.45) is 0 Å². The molecule has 0 aliphatic heterocycles. The minimum absolute atomic E-state index is 0.488. The van der Waals surface area contributed by atoms with Crippen LogP contribution in [0.25, 0.3) is 0 Å². The lowest BCUT2D eigenvalue weighted by molar-refractivity contribution is 0.687. The Balaban J connectivity index is 2.83. The molecular formula is C8H11ClN2OS. The quantitative estimate of drug-likeness (QED) is 0.763. The normalized spacial score (nSPS) is 12.5. The minimum Gasteiger partial charge on any atom is -0.399 e. The molecular weight excluding hydrogens is 208 g/mol. The van der Waals surface area contributed by atoms with Crippen LogP contribution in [-0.4, -0.2) is 9.96 Å². The zero-order valence-electron chi connectivity index (χ0n) is 7.21. The first kappa shape index (κ1) is 10.3. The van der Waals surface area contributed by atoms with Crippen molar-refractivity contribution >= 4 is 34.0 Å². The van der Waals surface area contributed by atoms with E-state index in [0.29, 0.717) is 22.2 Å².